The van der Waals surface area contributed by atoms with Crippen LogP contribution in [-0.2, 0) is 0 Å². The van der Waals surface area contributed by atoms with E-state index < -0.39 is 5.82 Å². The maximum atomic E-state index is 13.7. The molecule has 1 aromatic heterocycles. The summed E-state index contributed by atoms with van der Waals surface area (Å²) in [6.07, 6.45) is 2.15. The predicted octanol–water partition coefficient (Wildman–Crippen LogP) is 3.60. The first-order chi connectivity index (χ1) is 9.72. The maximum Gasteiger partial charge on any atom is 0.223 e. The molecular weight excluding hydrogens is 277 g/mol. The quantitative estimate of drug-likeness (QED) is 0.825. The molecule has 0 aliphatic heterocycles. The number of hydrogen-bond acceptors (Lipinski definition) is 5. The van der Waals surface area contributed by atoms with Crippen molar-refractivity contribution in [2.45, 2.75) is 23.3 Å². The number of hydrogen-bond donors (Lipinski definition) is 1. The summed E-state index contributed by atoms with van der Waals surface area (Å²) in [5, 5.41) is 3.35. The molecule has 20 heavy (non-hydrogen) atoms. The third kappa shape index (κ3) is 3.84. The summed E-state index contributed by atoms with van der Waals surface area (Å²) in [4.78, 5) is 8.99. The van der Waals surface area contributed by atoms with Crippen LogP contribution in [0.4, 0.5) is 10.3 Å². The molecule has 0 fully saturated rings. The van der Waals surface area contributed by atoms with Crippen molar-refractivity contribution in [2.24, 2.45) is 0 Å². The highest BCUT2D eigenvalue weighted by Gasteiger charge is 2.09. The van der Waals surface area contributed by atoms with Crippen LogP contribution < -0.4 is 10.1 Å². The minimum absolute atomic E-state index is 0.309. The van der Waals surface area contributed by atoms with E-state index in [0.717, 1.165) is 23.6 Å². The lowest BCUT2D eigenvalue weighted by Gasteiger charge is -2.07. The van der Waals surface area contributed by atoms with Crippen LogP contribution in [0.25, 0.3) is 0 Å². The molecular formula is C14H16FN3OS. The minimum Gasteiger partial charge on any atom is -0.497 e. The van der Waals surface area contributed by atoms with Gasteiger partial charge in [-0.3, -0.25) is 0 Å². The molecule has 1 N–H and O–H groups in total. The molecule has 0 atom stereocenters. The van der Waals surface area contributed by atoms with Crippen molar-refractivity contribution < 1.29 is 9.13 Å². The lowest BCUT2D eigenvalue weighted by atomic mass is 10.3. The fourth-order valence-electron chi connectivity index (χ4n) is 1.50. The Hall–Kier alpha value is -1.82. The third-order valence-corrected chi connectivity index (χ3v) is 3.51. The van der Waals surface area contributed by atoms with Crippen molar-refractivity contribution in [1.82, 2.24) is 9.97 Å². The van der Waals surface area contributed by atoms with Gasteiger partial charge in [-0.1, -0.05) is 18.7 Å². The number of methoxy groups -OCH3 is 1. The van der Waals surface area contributed by atoms with Crippen molar-refractivity contribution in [3.63, 3.8) is 0 Å². The summed E-state index contributed by atoms with van der Waals surface area (Å²) >= 11 is 1.26. The molecule has 0 bridgehead atoms. The van der Waals surface area contributed by atoms with E-state index in [1.807, 2.05) is 31.2 Å². The molecule has 4 nitrogen and oxygen atoms in total. The number of rotatable bonds is 6. The second-order valence-electron chi connectivity index (χ2n) is 4.05. The van der Waals surface area contributed by atoms with E-state index in [-0.39, 0.29) is 0 Å². The number of aromatic nitrogens is 2. The SMILES string of the molecule is CCCNc1ncc(F)c(Sc2ccc(OC)cc2)n1. The van der Waals surface area contributed by atoms with Gasteiger partial charge >= 0.3 is 0 Å². The Balaban J connectivity index is 2.14. The lowest BCUT2D eigenvalue weighted by molar-refractivity contribution is 0.414. The van der Waals surface area contributed by atoms with Crippen molar-refractivity contribution in [2.75, 3.05) is 19.0 Å². The third-order valence-electron chi connectivity index (χ3n) is 2.52. The van der Waals surface area contributed by atoms with Gasteiger partial charge in [0, 0.05) is 11.4 Å². The molecule has 0 radical (unpaired) electrons. The molecule has 1 heterocycles. The van der Waals surface area contributed by atoms with Crippen molar-refractivity contribution >= 4 is 17.7 Å². The van der Waals surface area contributed by atoms with E-state index in [0.29, 0.717) is 11.0 Å². The van der Waals surface area contributed by atoms with E-state index in [2.05, 4.69) is 15.3 Å². The average Bonchev–Trinajstić information content (AvgIpc) is 2.49. The molecule has 6 heteroatoms. The number of anilines is 1. The summed E-state index contributed by atoms with van der Waals surface area (Å²) in [7, 11) is 1.61. The molecule has 2 aromatic rings. The van der Waals surface area contributed by atoms with Gasteiger partial charge in [0.1, 0.15) is 10.8 Å². The molecule has 0 amide bonds. The Morgan fingerprint density at radius 2 is 2.05 bits per heavy atom. The van der Waals surface area contributed by atoms with Crippen LogP contribution in [0.3, 0.4) is 0 Å². The fraction of sp³-hybridized carbons (Fsp3) is 0.286. The second-order valence-corrected chi connectivity index (χ2v) is 5.11. The molecule has 1 aromatic carbocycles. The first-order valence-corrected chi connectivity index (χ1v) is 7.13. The van der Waals surface area contributed by atoms with Crippen LogP contribution in [0.1, 0.15) is 13.3 Å². The van der Waals surface area contributed by atoms with Gasteiger partial charge in [0.25, 0.3) is 0 Å². The highest BCUT2D eigenvalue weighted by Crippen LogP contribution is 2.29. The Morgan fingerprint density at radius 1 is 1.30 bits per heavy atom. The van der Waals surface area contributed by atoms with Crippen LogP contribution in [0.2, 0.25) is 0 Å². The summed E-state index contributed by atoms with van der Waals surface area (Å²) in [6.45, 7) is 2.81. The molecule has 106 valence electrons. The van der Waals surface area contributed by atoms with Crippen LogP contribution in [0.15, 0.2) is 40.4 Å². The lowest BCUT2D eigenvalue weighted by Crippen LogP contribution is -2.05. The number of nitrogens with one attached hydrogen (secondary N) is 1. The second kappa shape index (κ2) is 7.09. The summed E-state index contributed by atoms with van der Waals surface area (Å²) in [5.74, 6) is 0.792. The molecule has 0 spiro atoms. The molecule has 2 rings (SSSR count). The summed E-state index contributed by atoms with van der Waals surface area (Å²) in [5.41, 5.74) is 0. The van der Waals surface area contributed by atoms with Crippen molar-refractivity contribution in [3.8, 4) is 5.75 Å². The van der Waals surface area contributed by atoms with Gasteiger partial charge in [0.15, 0.2) is 5.82 Å². The molecule has 0 saturated heterocycles. The van der Waals surface area contributed by atoms with Gasteiger partial charge in [0.2, 0.25) is 5.95 Å². The predicted molar refractivity (Wildman–Crippen MR) is 77.9 cm³/mol. The van der Waals surface area contributed by atoms with Crippen LogP contribution >= 0.6 is 11.8 Å². The Labute approximate surface area is 121 Å². The highest BCUT2D eigenvalue weighted by atomic mass is 32.2. The summed E-state index contributed by atoms with van der Waals surface area (Å²) in [6, 6.07) is 7.39. The fourth-order valence-corrected chi connectivity index (χ4v) is 2.28. The number of nitrogens with zero attached hydrogens (tertiary/aromatic N) is 2. The largest absolute Gasteiger partial charge is 0.497 e. The van der Waals surface area contributed by atoms with Gasteiger partial charge in [-0.05, 0) is 30.7 Å². The highest BCUT2D eigenvalue weighted by molar-refractivity contribution is 7.99. The van der Waals surface area contributed by atoms with Crippen LogP contribution in [0.5, 0.6) is 5.75 Å². The monoisotopic (exact) mass is 293 g/mol. The van der Waals surface area contributed by atoms with E-state index >= 15 is 0 Å². The van der Waals surface area contributed by atoms with E-state index in [1.165, 1.54) is 18.0 Å². The van der Waals surface area contributed by atoms with E-state index in [9.17, 15) is 4.39 Å². The Bertz CT molecular complexity index is 563. The van der Waals surface area contributed by atoms with Crippen LogP contribution in [-0.4, -0.2) is 23.6 Å². The molecule has 0 aliphatic carbocycles. The standard InChI is InChI=1S/C14H16FN3OS/c1-3-8-16-14-17-9-12(15)13(18-14)20-11-6-4-10(19-2)5-7-11/h4-7,9H,3,8H2,1-2H3,(H,16,17,18). The topological polar surface area (TPSA) is 47.0 Å². The first kappa shape index (κ1) is 14.6. The van der Waals surface area contributed by atoms with Gasteiger partial charge in [-0.15, -0.1) is 0 Å². The number of halogens is 1. The maximum absolute atomic E-state index is 13.7. The Kier molecular flexibility index (Phi) is 5.17. The van der Waals surface area contributed by atoms with Gasteiger partial charge < -0.3 is 10.1 Å². The van der Waals surface area contributed by atoms with Crippen LogP contribution in [0, 0.1) is 5.82 Å². The Morgan fingerprint density at radius 3 is 2.70 bits per heavy atom. The summed E-state index contributed by atoms with van der Waals surface area (Å²) < 4.78 is 18.8. The number of ether oxygens (including phenoxy) is 1. The zero-order valence-corrected chi connectivity index (χ0v) is 12.2. The molecule has 0 aliphatic rings. The van der Waals surface area contributed by atoms with Gasteiger partial charge in [-0.25, -0.2) is 14.4 Å². The van der Waals surface area contributed by atoms with Crippen molar-refractivity contribution in [1.29, 1.82) is 0 Å². The van der Waals surface area contributed by atoms with Gasteiger partial charge in [0.05, 0.1) is 13.3 Å². The molecule has 0 unspecified atom stereocenters. The van der Waals surface area contributed by atoms with Crippen molar-refractivity contribution in [3.05, 3.63) is 36.3 Å². The van der Waals surface area contributed by atoms with E-state index in [4.69, 9.17) is 4.74 Å². The smallest absolute Gasteiger partial charge is 0.223 e. The zero-order valence-electron chi connectivity index (χ0n) is 11.4. The molecule has 0 saturated carbocycles. The van der Waals surface area contributed by atoms with E-state index in [1.54, 1.807) is 7.11 Å². The van der Waals surface area contributed by atoms with Gasteiger partial charge in [-0.2, -0.15) is 0 Å². The normalized spacial score (nSPS) is 10.3. The number of benzene rings is 1. The zero-order chi connectivity index (χ0) is 14.4. The first-order valence-electron chi connectivity index (χ1n) is 6.31. The average molecular weight is 293 g/mol. The minimum atomic E-state index is -0.423.